The number of aryl methyl sites for hydroxylation is 1. The monoisotopic (exact) mass is 556 g/mol. The zero-order valence-corrected chi connectivity index (χ0v) is 20.6. The second-order valence-electron chi connectivity index (χ2n) is 9.24. The van der Waals surface area contributed by atoms with Crippen molar-refractivity contribution in [2.24, 2.45) is 0 Å². The predicted octanol–water partition coefficient (Wildman–Crippen LogP) is 7.35. The number of amides is 1. The number of rotatable bonds is 5. The lowest BCUT2D eigenvalue weighted by molar-refractivity contribution is -0.143. The van der Waals surface area contributed by atoms with E-state index in [2.05, 4.69) is 15.4 Å². The Labute approximate surface area is 216 Å². The van der Waals surface area contributed by atoms with Gasteiger partial charge in [0, 0.05) is 29.1 Å². The largest absolute Gasteiger partial charge is 0.416 e. The Hall–Kier alpha value is -4.03. The Bertz CT molecular complexity index is 1540. The molecule has 4 rings (SSSR count). The van der Waals surface area contributed by atoms with E-state index in [-0.39, 0.29) is 28.3 Å². The molecule has 5 nitrogen and oxygen atoms in total. The van der Waals surface area contributed by atoms with E-state index in [9.17, 15) is 39.9 Å². The van der Waals surface area contributed by atoms with Crippen molar-refractivity contribution in [3.63, 3.8) is 0 Å². The third-order valence-electron chi connectivity index (χ3n) is 6.29. The summed E-state index contributed by atoms with van der Waals surface area (Å²) < 4.78 is 110. The number of anilines is 1. The zero-order chi connectivity index (χ0) is 28.9. The number of nitrogens with one attached hydrogen (secondary N) is 1. The van der Waals surface area contributed by atoms with Crippen molar-refractivity contribution in [3.05, 3.63) is 77.1 Å². The molecule has 0 saturated carbocycles. The molecule has 0 unspecified atom stereocenters. The van der Waals surface area contributed by atoms with E-state index in [1.165, 1.54) is 10.9 Å². The molecule has 0 atom stereocenters. The highest BCUT2D eigenvalue weighted by Gasteiger charge is 2.40. The maximum absolute atomic E-state index is 14.9. The van der Waals surface area contributed by atoms with Crippen LogP contribution in [0.5, 0.6) is 0 Å². The molecule has 0 aliphatic carbocycles. The average molecular weight is 556 g/mol. The zero-order valence-electron chi connectivity index (χ0n) is 20.6. The van der Waals surface area contributed by atoms with E-state index >= 15 is 0 Å². The number of hydrogen-bond donors (Lipinski definition) is 1. The van der Waals surface area contributed by atoms with E-state index in [0.29, 0.717) is 30.4 Å². The molecule has 0 bridgehead atoms. The van der Waals surface area contributed by atoms with E-state index in [0.717, 1.165) is 32.2 Å². The summed E-state index contributed by atoms with van der Waals surface area (Å²) >= 11 is 0. The van der Waals surface area contributed by atoms with E-state index in [1.807, 2.05) is 0 Å². The molecule has 2 heterocycles. The Kier molecular flexibility index (Phi) is 6.90. The van der Waals surface area contributed by atoms with Crippen molar-refractivity contribution >= 4 is 22.6 Å². The minimum Gasteiger partial charge on any atom is -0.323 e. The number of alkyl halides is 6. The highest BCUT2D eigenvalue weighted by atomic mass is 19.4. The van der Waals surface area contributed by atoms with Crippen LogP contribution in [-0.4, -0.2) is 20.7 Å². The highest BCUT2D eigenvalue weighted by molar-refractivity contribution is 6.06. The number of pyridine rings is 1. The van der Waals surface area contributed by atoms with Gasteiger partial charge >= 0.3 is 12.4 Å². The minimum absolute atomic E-state index is 0.0316. The van der Waals surface area contributed by atoms with Gasteiger partial charge in [-0.05, 0) is 56.7 Å². The van der Waals surface area contributed by atoms with Crippen LogP contribution in [0.2, 0.25) is 0 Å². The Morgan fingerprint density at radius 1 is 0.897 bits per heavy atom. The molecule has 4 aromatic rings. The lowest BCUT2D eigenvalue weighted by atomic mass is 9.81. The summed E-state index contributed by atoms with van der Waals surface area (Å²) in [6, 6.07) is 3.67. The summed E-state index contributed by atoms with van der Waals surface area (Å²) in [5, 5.41) is 6.90. The summed E-state index contributed by atoms with van der Waals surface area (Å²) in [5.41, 5.74) is -5.50. The average Bonchev–Trinajstić information content (AvgIpc) is 3.26. The molecule has 1 N–H and O–H groups in total. The first kappa shape index (κ1) is 28.0. The molecule has 0 aliphatic rings. The van der Waals surface area contributed by atoms with Gasteiger partial charge in [0.2, 0.25) is 5.91 Å². The smallest absolute Gasteiger partial charge is 0.323 e. The van der Waals surface area contributed by atoms with Crippen LogP contribution >= 0.6 is 0 Å². The molecule has 13 heteroatoms. The van der Waals surface area contributed by atoms with Gasteiger partial charge < -0.3 is 5.32 Å². The van der Waals surface area contributed by atoms with Crippen LogP contribution in [0.25, 0.3) is 22.2 Å². The van der Waals surface area contributed by atoms with Crippen molar-refractivity contribution in [1.82, 2.24) is 14.8 Å². The van der Waals surface area contributed by atoms with Gasteiger partial charge in [-0.2, -0.15) is 31.4 Å². The lowest BCUT2D eigenvalue weighted by Gasteiger charge is -2.27. The summed E-state index contributed by atoms with van der Waals surface area (Å²) in [4.78, 5) is 17.6. The normalized spacial score (nSPS) is 12.7. The molecule has 0 spiro atoms. The minimum atomic E-state index is -5.11. The van der Waals surface area contributed by atoms with Gasteiger partial charge in [0.05, 0.1) is 34.6 Å². The Morgan fingerprint density at radius 3 is 2.03 bits per heavy atom. The van der Waals surface area contributed by atoms with Gasteiger partial charge in [0.15, 0.2) is 5.65 Å². The standard InChI is InChI=1S/C26H20F8N4O/c1-4-38-22-18(11-36-38)21(17-6-5-16(27)10-19(17)28)20(12-35-22)37-23(39)24(2,3)13-7-14(25(29,30)31)9-15(8-13)26(32,33)34/h5-12H,4H2,1-3H3,(H,37,39). The van der Waals surface area contributed by atoms with Gasteiger partial charge in [-0.1, -0.05) is 0 Å². The molecular weight excluding hydrogens is 536 g/mol. The first-order valence-corrected chi connectivity index (χ1v) is 11.5. The fourth-order valence-corrected chi connectivity index (χ4v) is 4.06. The van der Waals surface area contributed by atoms with Crippen molar-refractivity contribution in [2.75, 3.05) is 5.32 Å². The molecule has 1 amide bonds. The third-order valence-corrected chi connectivity index (χ3v) is 6.29. The summed E-state index contributed by atoms with van der Waals surface area (Å²) in [6.07, 6.45) is -7.70. The van der Waals surface area contributed by atoms with Crippen LogP contribution < -0.4 is 5.32 Å². The number of fused-ring (bicyclic) bond motifs is 1. The lowest BCUT2D eigenvalue weighted by Crippen LogP contribution is -2.35. The van der Waals surface area contributed by atoms with Crippen LogP contribution in [-0.2, 0) is 29.1 Å². The van der Waals surface area contributed by atoms with Crippen molar-refractivity contribution in [1.29, 1.82) is 0 Å². The molecular formula is C26H20F8N4O. The van der Waals surface area contributed by atoms with Gasteiger partial charge in [-0.3, -0.25) is 4.79 Å². The van der Waals surface area contributed by atoms with Crippen LogP contribution in [0, 0.1) is 11.6 Å². The van der Waals surface area contributed by atoms with Crippen molar-refractivity contribution in [2.45, 2.75) is 45.1 Å². The predicted molar refractivity (Wildman–Crippen MR) is 127 cm³/mol. The van der Waals surface area contributed by atoms with E-state index in [1.54, 1.807) is 6.92 Å². The highest BCUT2D eigenvalue weighted by Crippen LogP contribution is 2.41. The number of halogens is 8. The molecule has 2 aromatic carbocycles. The first-order valence-electron chi connectivity index (χ1n) is 11.5. The second-order valence-corrected chi connectivity index (χ2v) is 9.24. The van der Waals surface area contributed by atoms with Crippen molar-refractivity contribution < 1.29 is 39.9 Å². The summed E-state index contributed by atoms with van der Waals surface area (Å²) in [7, 11) is 0. The van der Waals surface area contributed by atoms with Gasteiger partial charge in [0.25, 0.3) is 0 Å². The molecule has 0 saturated heterocycles. The number of benzene rings is 2. The SMILES string of the molecule is CCn1ncc2c(-c3ccc(F)cc3F)c(NC(=O)C(C)(C)c3cc(C(F)(F)F)cc(C(F)(F)F)c3)cnc21. The molecule has 0 aliphatic heterocycles. The maximum Gasteiger partial charge on any atom is 0.416 e. The van der Waals surface area contributed by atoms with Crippen LogP contribution in [0.15, 0.2) is 48.8 Å². The summed E-state index contributed by atoms with van der Waals surface area (Å²) in [5.74, 6) is -2.83. The van der Waals surface area contributed by atoms with Crippen LogP contribution in [0.4, 0.5) is 40.8 Å². The maximum atomic E-state index is 14.9. The number of carbonyl (C=O) groups is 1. The molecule has 2 aromatic heterocycles. The Balaban J connectivity index is 1.85. The molecule has 0 radical (unpaired) electrons. The second kappa shape index (κ2) is 9.62. The number of hydrogen-bond acceptors (Lipinski definition) is 3. The topological polar surface area (TPSA) is 59.8 Å². The van der Waals surface area contributed by atoms with E-state index in [4.69, 9.17) is 0 Å². The number of carbonyl (C=O) groups excluding carboxylic acids is 1. The summed E-state index contributed by atoms with van der Waals surface area (Å²) in [6.45, 7) is 4.46. The fourth-order valence-electron chi connectivity index (χ4n) is 4.06. The number of nitrogens with zero attached hydrogens (tertiary/aromatic N) is 3. The van der Waals surface area contributed by atoms with Gasteiger partial charge in [-0.25, -0.2) is 18.4 Å². The Morgan fingerprint density at radius 2 is 1.49 bits per heavy atom. The van der Waals surface area contributed by atoms with Gasteiger partial charge in [-0.15, -0.1) is 0 Å². The van der Waals surface area contributed by atoms with Crippen molar-refractivity contribution in [3.8, 4) is 11.1 Å². The van der Waals surface area contributed by atoms with E-state index < -0.39 is 52.0 Å². The number of aromatic nitrogens is 3. The van der Waals surface area contributed by atoms with Gasteiger partial charge in [0.1, 0.15) is 11.6 Å². The molecule has 0 fully saturated rings. The van der Waals surface area contributed by atoms with Crippen LogP contribution in [0.1, 0.15) is 37.5 Å². The first-order chi connectivity index (χ1) is 18.0. The third kappa shape index (κ3) is 5.30. The molecule has 206 valence electrons. The fraction of sp³-hybridized carbons (Fsp3) is 0.269. The molecule has 39 heavy (non-hydrogen) atoms. The quantitative estimate of drug-likeness (QED) is 0.262. The van der Waals surface area contributed by atoms with Crippen LogP contribution in [0.3, 0.4) is 0 Å².